The molecule has 0 unspecified atom stereocenters. The SMILES string of the molecule is COc1cc([C@@H]2NC(=O)c3sc(=S)n(-c4ccccc4)c3N2)ccc1O. The molecule has 0 saturated heterocycles. The predicted molar refractivity (Wildman–Crippen MR) is 103 cm³/mol. The fourth-order valence-electron chi connectivity index (χ4n) is 2.88. The van der Waals surface area contributed by atoms with Gasteiger partial charge in [0.15, 0.2) is 15.5 Å². The molecule has 8 heteroatoms. The van der Waals surface area contributed by atoms with E-state index in [-0.39, 0.29) is 11.7 Å². The molecule has 0 saturated carbocycles. The maximum atomic E-state index is 12.6. The number of aromatic nitrogens is 1. The summed E-state index contributed by atoms with van der Waals surface area (Å²) in [6, 6.07) is 14.6. The predicted octanol–water partition coefficient (Wildman–Crippen LogP) is 3.84. The summed E-state index contributed by atoms with van der Waals surface area (Å²) in [6.07, 6.45) is -0.469. The van der Waals surface area contributed by atoms with Gasteiger partial charge in [-0.1, -0.05) is 35.6 Å². The van der Waals surface area contributed by atoms with Crippen molar-refractivity contribution < 1.29 is 14.6 Å². The van der Waals surface area contributed by atoms with Crippen LogP contribution in [-0.4, -0.2) is 22.7 Å². The molecule has 2 aromatic carbocycles. The second-order valence-electron chi connectivity index (χ2n) is 5.70. The Balaban J connectivity index is 1.79. The van der Waals surface area contributed by atoms with Crippen molar-refractivity contribution in [3.63, 3.8) is 0 Å². The van der Waals surface area contributed by atoms with E-state index in [2.05, 4.69) is 10.6 Å². The Bertz CT molecular complexity index is 1040. The number of rotatable bonds is 3. The van der Waals surface area contributed by atoms with Crippen LogP contribution in [0.2, 0.25) is 0 Å². The molecule has 0 spiro atoms. The first kappa shape index (κ1) is 16.6. The van der Waals surface area contributed by atoms with Gasteiger partial charge in [0.1, 0.15) is 16.9 Å². The Morgan fingerprint density at radius 2 is 1.96 bits per heavy atom. The van der Waals surface area contributed by atoms with Gasteiger partial charge in [-0.15, -0.1) is 0 Å². The van der Waals surface area contributed by atoms with E-state index in [1.165, 1.54) is 24.5 Å². The van der Waals surface area contributed by atoms with E-state index < -0.39 is 6.17 Å². The number of thiazole rings is 1. The minimum atomic E-state index is -0.469. The van der Waals surface area contributed by atoms with Crippen LogP contribution in [0.4, 0.5) is 5.82 Å². The molecule has 3 aromatic rings. The highest BCUT2D eigenvalue weighted by atomic mass is 32.1. The van der Waals surface area contributed by atoms with Crippen molar-refractivity contribution in [2.75, 3.05) is 12.4 Å². The number of anilines is 1. The Morgan fingerprint density at radius 3 is 2.69 bits per heavy atom. The Morgan fingerprint density at radius 1 is 1.19 bits per heavy atom. The van der Waals surface area contributed by atoms with Gasteiger partial charge in [-0.3, -0.25) is 9.36 Å². The summed E-state index contributed by atoms with van der Waals surface area (Å²) in [6.45, 7) is 0. The summed E-state index contributed by atoms with van der Waals surface area (Å²) in [5.41, 5.74) is 1.65. The number of fused-ring (bicyclic) bond motifs is 1. The van der Waals surface area contributed by atoms with Crippen LogP contribution in [0.5, 0.6) is 11.5 Å². The van der Waals surface area contributed by atoms with Gasteiger partial charge in [0.2, 0.25) is 0 Å². The Labute approximate surface area is 158 Å². The third kappa shape index (κ3) is 2.73. The van der Waals surface area contributed by atoms with Crippen LogP contribution >= 0.6 is 23.6 Å². The zero-order valence-corrected chi connectivity index (χ0v) is 15.4. The third-order valence-electron chi connectivity index (χ3n) is 4.12. The number of nitrogens with one attached hydrogen (secondary N) is 2. The van der Waals surface area contributed by atoms with Crippen molar-refractivity contribution in [1.29, 1.82) is 0 Å². The van der Waals surface area contributed by atoms with Crippen LogP contribution in [0.1, 0.15) is 21.4 Å². The minimum Gasteiger partial charge on any atom is -0.504 e. The van der Waals surface area contributed by atoms with Crippen molar-refractivity contribution in [2.24, 2.45) is 0 Å². The van der Waals surface area contributed by atoms with Crippen molar-refractivity contribution in [1.82, 2.24) is 9.88 Å². The largest absolute Gasteiger partial charge is 0.504 e. The van der Waals surface area contributed by atoms with Crippen molar-refractivity contribution >= 4 is 35.3 Å². The number of phenolic OH excluding ortho intramolecular Hbond substituents is 1. The molecular weight excluding hydrogens is 370 g/mol. The highest BCUT2D eigenvalue weighted by Crippen LogP contribution is 2.36. The average molecular weight is 385 g/mol. The standard InChI is InChI=1S/C18H15N3O3S2/c1-24-13-9-10(7-8-12(13)22)15-19-16-14(17(23)20-15)26-18(25)21(16)11-5-3-2-4-6-11/h2-9,15,19,22H,1H3,(H,20,23)/t15-/m0/s1. The van der Waals surface area contributed by atoms with Gasteiger partial charge in [-0.25, -0.2) is 0 Å². The van der Waals surface area contributed by atoms with Crippen LogP contribution in [0.3, 0.4) is 0 Å². The van der Waals surface area contributed by atoms with E-state index in [0.29, 0.717) is 20.4 Å². The lowest BCUT2D eigenvalue weighted by Crippen LogP contribution is -2.38. The Kier molecular flexibility index (Phi) is 4.14. The molecule has 132 valence electrons. The minimum absolute atomic E-state index is 0.0433. The van der Waals surface area contributed by atoms with Crippen LogP contribution in [-0.2, 0) is 0 Å². The molecule has 1 amide bonds. The molecule has 0 bridgehead atoms. The van der Waals surface area contributed by atoms with Crippen molar-refractivity contribution in [3.8, 4) is 17.2 Å². The van der Waals surface area contributed by atoms with E-state index in [1.807, 2.05) is 34.9 Å². The van der Waals surface area contributed by atoms with E-state index in [0.717, 1.165) is 11.3 Å². The molecule has 1 aromatic heterocycles. The molecule has 1 aliphatic rings. The van der Waals surface area contributed by atoms with Crippen molar-refractivity contribution in [2.45, 2.75) is 6.17 Å². The first-order valence-corrected chi connectivity index (χ1v) is 9.06. The molecule has 6 nitrogen and oxygen atoms in total. The number of methoxy groups -OCH3 is 1. The lowest BCUT2D eigenvalue weighted by molar-refractivity contribution is 0.0939. The summed E-state index contributed by atoms with van der Waals surface area (Å²) < 4.78 is 7.61. The molecule has 3 N–H and O–H groups in total. The maximum Gasteiger partial charge on any atom is 0.267 e. The molecule has 0 aliphatic carbocycles. The monoisotopic (exact) mass is 385 g/mol. The highest BCUT2D eigenvalue weighted by molar-refractivity contribution is 7.73. The first-order chi connectivity index (χ1) is 12.6. The van der Waals surface area contributed by atoms with E-state index in [1.54, 1.807) is 12.1 Å². The number of hydrogen-bond donors (Lipinski definition) is 3. The van der Waals surface area contributed by atoms with Gasteiger partial charge in [-0.05, 0) is 42.0 Å². The summed E-state index contributed by atoms with van der Waals surface area (Å²) in [4.78, 5) is 13.1. The number of hydrogen-bond acceptors (Lipinski definition) is 6. The fourth-order valence-corrected chi connectivity index (χ4v) is 4.19. The number of amides is 1. The zero-order valence-electron chi connectivity index (χ0n) is 13.7. The van der Waals surface area contributed by atoms with Gasteiger partial charge in [-0.2, -0.15) is 0 Å². The third-order valence-corrected chi connectivity index (χ3v) is 5.50. The molecule has 0 radical (unpaired) electrons. The maximum absolute atomic E-state index is 12.6. The molecule has 26 heavy (non-hydrogen) atoms. The summed E-state index contributed by atoms with van der Waals surface area (Å²) in [7, 11) is 1.48. The molecule has 4 rings (SSSR count). The van der Waals surface area contributed by atoms with E-state index in [9.17, 15) is 9.90 Å². The lowest BCUT2D eigenvalue weighted by atomic mass is 10.1. The molecular formula is C18H15N3O3S2. The van der Waals surface area contributed by atoms with Gasteiger partial charge in [0.25, 0.3) is 5.91 Å². The highest BCUT2D eigenvalue weighted by Gasteiger charge is 2.30. The number of phenols is 1. The summed E-state index contributed by atoms with van der Waals surface area (Å²) >= 11 is 6.74. The number of aromatic hydroxyl groups is 1. The average Bonchev–Trinajstić information content (AvgIpc) is 2.99. The topological polar surface area (TPSA) is 75.5 Å². The van der Waals surface area contributed by atoms with Gasteiger partial charge >= 0.3 is 0 Å². The van der Waals surface area contributed by atoms with Crippen LogP contribution in [0.25, 0.3) is 5.69 Å². The van der Waals surface area contributed by atoms with Gasteiger partial charge < -0.3 is 20.5 Å². The van der Waals surface area contributed by atoms with Gasteiger partial charge in [0, 0.05) is 5.69 Å². The number of benzene rings is 2. The normalized spacial score (nSPS) is 15.7. The molecule has 2 heterocycles. The molecule has 0 fully saturated rings. The summed E-state index contributed by atoms with van der Waals surface area (Å²) in [5.74, 6) is 0.852. The number of nitrogens with zero attached hydrogens (tertiary/aromatic N) is 1. The second-order valence-corrected chi connectivity index (χ2v) is 7.34. The molecule has 1 atom stereocenters. The quantitative estimate of drug-likeness (QED) is 0.598. The van der Waals surface area contributed by atoms with Crippen LogP contribution < -0.4 is 15.4 Å². The van der Waals surface area contributed by atoms with Gasteiger partial charge in [0.05, 0.1) is 7.11 Å². The first-order valence-electron chi connectivity index (χ1n) is 7.84. The molecule has 1 aliphatic heterocycles. The van der Waals surface area contributed by atoms with Crippen LogP contribution in [0, 0.1) is 3.95 Å². The smallest absolute Gasteiger partial charge is 0.267 e. The zero-order chi connectivity index (χ0) is 18.3. The fraction of sp³-hybridized carbons (Fsp3) is 0.111. The summed E-state index contributed by atoms with van der Waals surface area (Å²) in [5, 5.41) is 16.0. The van der Waals surface area contributed by atoms with E-state index in [4.69, 9.17) is 17.0 Å². The van der Waals surface area contributed by atoms with E-state index >= 15 is 0 Å². The van der Waals surface area contributed by atoms with Crippen molar-refractivity contribution in [3.05, 3.63) is 62.9 Å². The number of carbonyl (C=O) groups is 1. The second kappa shape index (κ2) is 6.47. The Hall–Kier alpha value is -2.84. The number of ether oxygens (including phenoxy) is 1. The van der Waals surface area contributed by atoms with Crippen LogP contribution in [0.15, 0.2) is 48.5 Å². The lowest BCUT2D eigenvalue weighted by Gasteiger charge is -2.27. The number of para-hydroxylation sites is 1. The number of carbonyl (C=O) groups excluding carboxylic acids is 1.